The zero-order valence-corrected chi connectivity index (χ0v) is 8.38. The minimum Gasteiger partial charge on any atom is -0.342 e. The zero-order valence-electron chi connectivity index (χ0n) is 8.38. The maximum absolute atomic E-state index is 4.59. The van der Waals surface area contributed by atoms with Crippen molar-refractivity contribution in [2.75, 3.05) is 0 Å². The summed E-state index contributed by atoms with van der Waals surface area (Å²) in [7, 11) is 0. The third-order valence-corrected chi connectivity index (χ3v) is 2.94. The van der Waals surface area contributed by atoms with Crippen LogP contribution in [0.1, 0.15) is 37.1 Å². The van der Waals surface area contributed by atoms with Crippen LogP contribution in [-0.4, -0.2) is 9.97 Å². The molecule has 1 aliphatic rings. The molecule has 0 radical (unpaired) electrons. The summed E-state index contributed by atoms with van der Waals surface area (Å²) < 4.78 is 0. The van der Waals surface area contributed by atoms with Gasteiger partial charge in [-0.1, -0.05) is 13.0 Å². The first kappa shape index (κ1) is 8.04. The van der Waals surface area contributed by atoms with Gasteiger partial charge in [0.05, 0.1) is 11.0 Å². The van der Waals surface area contributed by atoms with Crippen molar-refractivity contribution < 1.29 is 0 Å². The Balaban J connectivity index is 2.12. The first-order chi connectivity index (χ1) is 6.86. The fourth-order valence-corrected chi connectivity index (χ4v) is 1.85. The van der Waals surface area contributed by atoms with Gasteiger partial charge in [0.1, 0.15) is 5.82 Å². The van der Waals surface area contributed by atoms with Gasteiger partial charge in [0.2, 0.25) is 0 Å². The van der Waals surface area contributed by atoms with E-state index in [9.17, 15) is 0 Å². The number of rotatable bonds is 2. The van der Waals surface area contributed by atoms with Gasteiger partial charge in [-0.15, -0.1) is 0 Å². The number of aromatic amines is 1. The fraction of sp³-hybridized carbons (Fsp3) is 0.417. The maximum Gasteiger partial charge on any atom is 0.110 e. The molecular weight excluding hydrogens is 172 g/mol. The third kappa shape index (κ3) is 1.22. The topological polar surface area (TPSA) is 28.7 Å². The molecule has 0 bridgehead atoms. The van der Waals surface area contributed by atoms with Gasteiger partial charge in [-0.25, -0.2) is 4.98 Å². The molecule has 0 saturated heterocycles. The summed E-state index contributed by atoms with van der Waals surface area (Å²) in [6.45, 7) is 2.18. The molecule has 0 amide bonds. The molecule has 1 fully saturated rings. The Morgan fingerprint density at radius 1 is 1.43 bits per heavy atom. The van der Waals surface area contributed by atoms with Crippen molar-refractivity contribution in [3.8, 4) is 0 Å². The van der Waals surface area contributed by atoms with E-state index >= 15 is 0 Å². The van der Waals surface area contributed by atoms with Crippen LogP contribution in [0.15, 0.2) is 18.2 Å². The number of benzene rings is 1. The predicted molar refractivity (Wildman–Crippen MR) is 57.4 cm³/mol. The molecule has 0 unspecified atom stereocenters. The van der Waals surface area contributed by atoms with Gasteiger partial charge in [-0.05, 0) is 37.0 Å². The van der Waals surface area contributed by atoms with E-state index in [1.807, 2.05) is 0 Å². The normalized spacial score (nSPS) is 16.4. The van der Waals surface area contributed by atoms with E-state index in [0.29, 0.717) is 5.92 Å². The second-order valence-electron chi connectivity index (χ2n) is 4.10. The number of hydrogen-bond acceptors (Lipinski definition) is 1. The summed E-state index contributed by atoms with van der Waals surface area (Å²) >= 11 is 0. The predicted octanol–water partition coefficient (Wildman–Crippen LogP) is 3.00. The van der Waals surface area contributed by atoms with E-state index in [-0.39, 0.29) is 0 Å². The van der Waals surface area contributed by atoms with E-state index in [1.165, 1.54) is 29.7 Å². The number of hydrogen-bond donors (Lipinski definition) is 1. The Morgan fingerprint density at radius 3 is 3.00 bits per heavy atom. The Bertz CT molecular complexity index is 466. The number of aromatic nitrogens is 2. The minimum absolute atomic E-state index is 0.715. The molecule has 1 heterocycles. The van der Waals surface area contributed by atoms with Crippen LogP contribution in [0.2, 0.25) is 0 Å². The number of H-pyrrole nitrogens is 1. The summed E-state index contributed by atoms with van der Waals surface area (Å²) in [4.78, 5) is 8.02. The van der Waals surface area contributed by atoms with Crippen LogP contribution in [0.25, 0.3) is 11.0 Å². The summed E-state index contributed by atoms with van der Waals surface area (Å²) in [6, 6.07) is 6.50. The molecule has 2 aromatic rings. The van der Waals surface area contributed by atoms with Crippen LogP contribution < -0.4 is 0 Å². The smallest absolute Gasteiger partial charge is 0.110 e. The molecule has 0 aliphatic heterocycles. The lowest BCUT2D eigenvalue weighted by Crippen LogP contribution is -1.79. The molecule has 1 aliphatic carbocycles. The van der Waals surface area contributed by atoms with Gasteiger partial charge in [-0.3, -0.25) is 0 Å². The lowest BCUT2D eigenvalue weighted by atomic mass is 10.1. The molecule has 1 saturated carbocycles. The highest BCUT2D eigenvalue weighted by molar-refractivity contribution is 5.76. The molecule has 1 aromatic heterocycles. The van der Waals surface area contributed by atoms with Crippen molar-refractivity contribution >= 4 is 11.0 Å². The van der Waals surface area contributed by atoms with Crippen LogP contribution in [0.5, 0.6) is 0 Å². The van der Waals surface area contributed by atoms with Crippen molar-refractivity contribution in [2.24, 2.45) is 0 Å². The largest absolute Gasteiger partial charge is 0.342 e. The molecule has 2 heteroatoms. The van der Waals surface area contributed by atoms with E-state index in [1.54, 1.807) is 0 Å². The van der Waals surface area contributed by atoms with Crippen molar-refractivity contribution in [1.29, 1.82) is 0 Å². The van der Waals surface area contributed by atoms with E-state index in [4.69, 9.17) is 0 Å². The molecule has 0 atom stereocenters. The van der Waals surface area contributed by atoms with Crippen molar-refractivity contribution in [3.63, 3.8) is 0 Å². The summed E-state index contributed by atoms with van der Waals surface area (Å²) in [6.07, 6.45) is 3.70. The van der Waals surface area contributed by atoms with Crippen molar-refractivity contribution in [1.82, 2.24) is 9.97 Å². The monoisotopic (exact) mass is 186 g/mol. The Morgan fingerprint density at radius 2 is 2.29 bits per heavy atom. The van der Waals surface area contributed by atoms with Gasteiger partial charge in [-0.2, -0.15) is 0 Å². The standard InChI is InChI=1S/C12H14N2/c1-2-8-3-6-10-11(7-8)14-12(13-10)9-4-5-9/h3,6-7,9H,2,4-5H2,1H3,(H,13,14). The second-order valence-corrected chi connectivity index (χ2v) is 4.10. The third-order valence-electron chi connectivity index (χ3n) is 2.94. The van der Waals surface area contributed by atoms with Gasteiger partial charge >= 0.3 is 0 Å². The van der Waals surface area contributed by atoms with Crippen molar-refractivity contribution in [3.05, 3.63) is 29.6 Å². The maximum atomic E-state index is 4.59. The summed E-state index contributed by atoms with van der Waals surface area (Å²) in [5, 5.41) is 0. The van der Waals surface area contributed by atoms with Crippen LogP contribution >= 0.6 is 0 Å². The lowest BCUT2D eigenvalue weighted by molar-refractivity contribution is 0.986. The van der Waals surface area contributed by atoms with E-state index < -0.39 is 0 Å². The SMILES string of the molecule is CCc1ccc2nc(C3CC3)[nH]c2c1. The molecule has 72 valence electrons. The molecule has 3 rings (SSSR count). The van der Waals surface area contributed by atoms with Crippen LogP contribution in [0, 0.1) is 0 Å². The Kier molecular flexibility index (Phi) is 1.63. The molecule has 1 aromatic carbocycles. The van der Waals surface area contributed by atoms with Gasteiger partial charge in [0, 0.05) is 5.92 Å². The van der Waals surface area contributed by atoms with Gasteiger partial charge in [0.25, 0.3) is 0 Å². The molecule has 1 N–H and O–H groups in total. The quantitative estimate of drug-likeness (QED) is 0.767. The molecule has 14 heavy (non-hydrogen) atoms. The highest BCUT2D eigenvalue weighted by Gasteiger charge is 2.26. The average Bonchev–Trinajstić information content (AvgIpc) is 2.97. The van der Waals surface area contributed by atoms with Crippen LogP contribution in [-0.2, 0) is 6.42 Å². The first-order valence-corrected chi connectivity index (χ1v) is 5.35. The zero-order chi connectivity index (χ0) is 9.54. The summed E-state index contributed by atoms with van der Waals surface area (Å²) in [5.74, 6) is 1.90. The number of fused-ring (bicyclic) bond motifs is 1. The number of nitrogens with zero attached hydrogens (tertiary/aromatic N) is 1. The van der Waals surface area contributed by atoms with Crippen molar-refractivity contribution in [2.45, 2.75) is 32.1 Å². The fourth-order valence-electron chi connectivity index (χ4n) is 1.85. The highest BCUT2D eigenvalue weighted by Crippen LogP contribution is 2.38. The molecular formula is C12H14N2. The minimum atomic E-state index is 0.715. The van der Waals surface area contributed by atoms with E-state index in [0.717, 1.165) is 11.9 Å². The Hall–Kier alpha value is -1.31. The molecule has 0 spiro atoms. The van der Waals surface area contributed by atoms with Gasteiger partial charge in [0.15, 0.2) is 0 Å². The van der Waals surface area contributed by atoms with Gasteiger partial charge < -0.3 is 4.98 Å². The van der Waals surface area contributed by atoms with Crippen LogP contribution in [0.3, 0.4) is 0 Å². The highest BCUT2D eigenvalue weighted by atomic mass is 14.9. The summed E-state index contributed by atoms with van der Waals surface area (Å²) in [5.41, 5.74) is 3.69. The second kappa shape index (κ2) is 2.84. The Labute approximate surface area is 83.4 Å². The average molecular weight is 186 g/mol. The van der Waals surface area contributed by atoms with Crippen LogP contribution in [0.4, 0.5) is 0 Å². The number of imidazole rings is 1. The first-order valence-electron chi connectivity index (χ1n) is 5.35. The number of nitrogens with one attached hydrogen (secondary N) is 1. The van der Waals surface area contributed by atoms with E-state index in [2.05, 4.69) is 35.1 Å². The number of aryl methyl sites for hydroxylation is 1. The lowest BCUT2D eigenvalue weighted by Gasteiger charge is -1.93. The molecule has 2 nitrogen and oxygen atoms in total.